The van der Waals surface area contributed by atoms with E-state index in [4.69, 9.17) is 35.1 Å². The van der Waals surface area contributed by atoms with Crippen LogP contribution in [-0.2, 0) is 43.1 Å². The predicted octanol–water partition coefficient (Wildman–Crippen LogP) is 1.94. The molecule has 0 unspecified atom stereocenters. The number of nitrogens with two attached hydrogens (primary N) is 1. The van der Waals surface area contributed by atoms with Gasteiger partial charge in [-0.1, -0.05) is 26.7 Å². The van der Waals surface area contributed by atoms with Crippen LogP contribution in [0, 0.1) is 12.1 Å². The molecule has 144 valence electrons. The van der Waals surface area contributed by atoms with Gasteiger partial charge < -0.3 is 35.1 Å². The number of rotatable bonds is 4. The molecule has 1 rings (SSSR count). The summed E-state index contributed by atoms with van der Waals surface area (Å²) in [5.41, 5.74) is 5.61. The second kappa shape index (κ2) is 21.2. The first kappa shape index (κ1) is 33.4. The first-order valence-electron chi connectivity index (χ1n) is 6.89. The minimum Gasteiger partial charge on any atom is -0.480 e. The predicted molar refractivity (Wildman–Crippen MR) is 104 cm³/mol. The molecular weight excluding hydrogens is 458 g/mol. The molecule has 0 aliphatic rings. The molecule has 0 aliphatic heterocycles. The third-order valence-corrected chi connectivity index (χ3v) is 1.75. The van der Waals surface area contributed by atoms with Gasteiger partial charge in [-0.15, -0.1) is 0 Å². The first-order chi connectivity index (χ1) is 10.8. The van der Waals surface area contributed by atoms with Crippen molar-refractivity contribution in [3.8, 4) is 0 Å². The van der Waals surface area contributed by atoms with Gasteiger partial charge in [0.25, 0.3) is 0 Å². The van der Waals surface area contributed by atoms with Crippen LogP contribution in [0.4, 0.5) is 0 Å². The molecule has 25 heavy (non-hydrogen) atoms. The zero-order valence-corrected chi connectivity index (χ0v) is 20.8. The molecule has 0 aromatic heterocycles. The Morgan fingerprint density at radius 1 is 0.840 bits per heavy atom. The van der Waals surface area contributed by atoms with E-state index < -0.39 is 13.4 Å². The number of hydrogen-bond donors (Lipinski definition) is 7. The molecule has 0 bridgehead atoms. The third-order valence-electron chi connectivity index (χ3n) is 1.75. The Bertz CT molecular complexity index is 392. The first-order valence-corrected chi connectivity index (χ1v) is 12.2. The quantitative estimate of drug-likeness (QED) is 0.193. The van der Waals surface area contributed by atoms with Gasteiger partial charge in [0, 0.05) is 0 Å². The minimum absolute atomic E-state index is 0. The molecular formula is C13H27NO6P2S2Zn. The molecule has 1 aromatic carbocycles. The van der Waals surface area contributed by atoms with Crippen LogP contribution >= 0.6 is 13.4 Å². The fourth-order valence-electron chi connectivity index (χ4n) is 1.11. The van der Waals surface area contributed by atoms with Crippen LogP contribution in [0.3, 0.4) is 0 Å². The summed E-state index contributed by atoms with van der Waals surface area (Å²) in [6.45, 7) is -3.30. The summed E-state index contributed by atoms with van der Waals surface area (Å²) >= 11 is 7.21. The van der Waals surface area contributed by atoms with Crippen LogP contribution in [0.5, 0.6) is 0 Å². The van der Waals surface area contributed by atoms with Gasteiger partial charge in [0.2, 0.25) is 0 Å². The normalized spacial score (nSPS) is 10.0. The van der Waals surface area contributed by atoms with Crippen LogP contribution in [-0.4, -0.2) is 29.4 Å². The minimum atomic E-state index is -3.81. The third kappa shape index (κ3) is 78.5. The molecule has 0 saturated carbocycles. The van der Waals surface area contributed by atoms with Crippen molar-refractivity contribution >= 4 is 37.1 Å². The fraction of sp³-hybridized carbons (Fsp3) is 0.462. The number of hydrogen-bond acceptors (Lipinski definition) is 3. The van der Waals surface area contributed by atoms with Crippen molar-refractivity contribution in [2.75, 3.05) is 0 Å². The van der Waals surface area contributed by atoms with Crippen molar-refractivity contribution in [1.29, 1.82) is 0 Å². The molecule has 0 spiro atoms. The summed E-state index contributed by atoms with van der Waals surface area (Å²) in [6, 6.07) is 13.7. The van der Waals surface area contributed by atoms with Crippen molar-refractivity contribution in [2.45, 2.75) is 39.5 Å². The van der Waals surface area contributed by atoms with Gasteiger partial charge in [0.15, 0.2) is 0 Å². The molecule has 7 nitrogen and oxygen atoms in total. The van der Waals surface area contributed by atoms with Crippen LogP contribution < -0.4 is 5.73 Å². The van der Waals surface area contributed by atoms with Crippen molar-refractivity contribution < 1.29 is 48.8 Å². The summed E-state index contributed by atoms with van der Waals surface area (Å²) in [5, 5.41) is 0. The molecule has 0 amide bonds. The summed E-state index contributed by atoms with van der Waals surface area (Å²) in [4.78, 5) is 45.3. The van der Waals surface area contributed by atoms with Gasteiger partial charge >= 0.3 is 32.9 Å². The largest absolute Gasteiger partial charge is 2.00 e. The van der Waals surface area contributed by atoms with E-state index in [0.29, 0.717) is 0 Å². The second-order valence-corrected chi connectivity index (χ2v) is 9.25. The van der Waals surface area contributed by atoms with Crippen LogP contribution in [0.2, 0.25) is 0 Å². The molecule has 0 radical (unpaired) electrons. The maximum absolute atomic E-state index is 7.56. The smallest absolute Gasteiger partial charge is 0.480 e. The van der Waals surface area contributed by atoms with E-state index in [1.54, 1.807) is 0 Å². The van der Waals surface area contributed by atoms with Crippen LogP contribution in [0.25, 0.3) is 0 Å². The van der Waals surface area contributed by atoms with Gasteiger partial charge in [0.1, 0.15) is 0 Å². The van der Waals surface area contributed by atoms with E-state index in [1.807, 2.05) is 30.3 Å². The van der Waals surface area contributed by atoms with Crippen molar-refractivity contribution in [3.05, 3.63) is 42.4 Å². The molecule has 8 N–H and O–H groups in total. The summed E-state index contributed by atoms with van der Waals surface area (Å²) in [5.74, 6) is 0. The molecule has 0 heterocycles. The van der Waals surface area contributed by atoms with Gasteiger partial charge in [-0.3, -0.25) is 6.04 Å². The maximum Gasteiger partial charge on any atom is 2.00 e. The SMILES string of the molecule is CCC[C-](N)CCC.OP(O)(O)=S.OP(O)(O)=S.[Zn+2].[c-]1ccccc1. The van der Waals surface area contributed by atoms with E-state index >= 15 is 0 Å². The molecule has 12 heteroatoms. The zero-order valence-electron chi connectivity index (χ0n) is 14.4. The Hall–Kier alpha value is 0.863. The standard InChI is InChI=1S/C7H16N.C6H5.2H3O3PS.Zn/c1-3-5-7(8)6-4-2;1-2-4-6-5-3-1;2*1-4(2,3)5;/h3-6,8H2,1-2H3;1-5H;2*(H3,1,2,3,5);/q2*-1;;;+2. The van der Waals surface area contributed by atoms with Crippen LogP contribution in [0.15, 0.2) is 30.3 Å². The topological polar surface area (TPSA) is 147 Å². The second-order valence-electron chi connectivity index (χ2n) is 4.26. The van der Waals surface area contributed by atoms with Crippen molar-refractivity contribution in [3.63, 3.8) is 0 Å². The van der Waals surface area contributed by atoms with Gasteiger partial charge in [-0.2, -0.15) is 49.2 Å². The van der Waals surface area contributed by atoms with Gasteiger partial charge in [-0.25, -0.2) is 0 Å². The van der Waals surface area contributed by atoms with E-state index in [1.165, 1.54) is 12.8 Å². The Balaban J connectivity index is -0.000000118. The van der Waals surface area contributed by atoms with Crippen molar-refractivity contribution in [1.82, 2.24) is 0 Å². The Kier molecular flexibility index (Phi) is 28.3. The average Bonchev–Trinajstić information content (AvgIpc) is 2.38. The summed E-state index contributed by atoms with van der Waals surface area (Å²) < 4.78 is 0. The van der Waals surface area contributed by atoms with Gasteiger partial charge in [-0.05, 0) is 23.6 Å². The van der Waals surface area contributed by atoms with E-state index in [2.05, 4.69) is 43.5 Å². The molecule has 0 aliphatic carbocycles. The van der Waals surface area contributed by atoms with E-state index in [0.717, 1.165) is 18.9 Å². The Morgan fingerprint density at radius 2 is 1.12 bits per heavy atom. The Labute approximate surface area is 173 Å². The Morgan fingerprint density at radius 3 is 1.24 bits per heavy atom. The molecule has 0 saturated heterocycles. The van der Waals surface area contributed by atoms with E-state index in [9.17, 15) is 0 Å². The molecule has 1 aromatic rings. The van der Waals surface area contributed by atoms with Crippen LogP contribution in [0.1, 0.15) is 39.5 Å². The maximum atomic E-state index is 7.56. The summed E-state index contributed by atoms with van der Waals surface area (Å²) in [6.07, 6.45) is 4.58. The molecule has 0 atom stereocenters. The number of benzene rings is 1. The monoisotopic (exact) mass is 483 g/mol. The average molecular weight is 485 g/mol. The fourth-order valence-corrected chi connectivity index (χ4v) is 1.11. The van der Waals surface area contributed by atoms with E-state index in [-0.39, 0.29) is 19.5 Å². The molecule has 0 fully saturated rings. The van der Waals surface area contributed by atoms with Gasteiger partial charge in [0.05, 0.1) is 0 Å². The summed E-state index contributed by atoms with van der Waals surface area (Å²) in [7, 11) is 0. The zero-order chi connectivity index (χ0) is 19.6. The van der Waals surface area contributed by atoms with Crippen molar-refractivity contribution in [2.24, 2.45) is 5.73 Å².